The second-order valence-electron chi connectivity index (χ2n) is 7.38. The highest BCUT2D eigenvalue weighted by molar-refractivity contribution is 7.89. The highest BCUT2D eigenvalue weighted by Crippen LogP contribution is 2.37. The lowest BCUT2D eigenvalue weighted by molar-refractivity contribution is 0.296. The van der Waals surface area contributed by atoms with Crippen LogP contribution in [0.25, 0.3) is 10.2 Å². The van der Waals surface area contributed by atoms with E-state index in [0.717, 1.165) is 34.5 Å². The number of fused-ring (bicyclic) bond motifs is 2. The molecule has 0 radical (unpaired) electrons. The number of aromatic nitrogens is 1. The number of hydrogen-bond donors (Lipinski definition) is 0. The van der Waals surface area contributed by atoms with Crippen molar-refractivity contribution in [1.29, 1.82) is 0 Å². The molecule has 5 rings (SSSR count). The smallest absolute Gasteiger partial charge is 0.243 e. The van der Waals surface area contributed by atoms with Crippen LogP contribution in [-0.4, -0.2) is 44.0 Å². The Balaban J connectivity index is 1.41. The SMILES string of the molecule is O=S(=O)(c1ccc2c(c1)OCCCO2)N1CCC[C@@H](c2nc3ccccc3s2)C1. The van der Waals surface area contributed by atoms with Crippen molar-refractivity contribution in [3.8, 4) is 11.5 Å². The molecule has 0 saturated carbocycles. The van der Waals surface area contributed by atoms with Crippen LogP contribution in [0, 0.1) is 0 Å². The Hall–Kier alpha value is -2.16. The Morgan fingerprint density at radius 1 is 1.03 bits per heavy atom. The number of rotatable bonds is 3. The van der Waals surface area contributed by atoms with Gasteiger partial charge in [-0.2, -0.15) is 4.31 Å². The molecule has 0 amide bonds. The number of piperidine rings is 1. The first-order valence-electron chi connectivity index (χ1n) is 9.86. The van der Waals surface area contributed by atoms with Crippen molar-refractivity contribution in [2.24, 2.45) is 0 Å². The highest BCUT2D eigenvalue weighted by atomic mass is 32.2. The summed E-state index contributed by atoms with van der Waals surface area (Å²) in [6, 6.07) is 13.0. The maximum absolute atomic E-state index is 13.3. The van der Waals surface area contributed by atoms with Crippen LogP contribution >= 0.6 is 11.3 Å². The number of sulfonamides is 1. The molecule has 152 valence electrons. The van der Waals surface area contributed by atoms with Gasteiger partial charge in [-0.1, -0.05) is 12.1 Å². The van der Waals surface area contributed by atoms with Crippen molar-refractivity contribution < 1.29 is 17.9 Å². The quantitative estimate of drug-likeness (QED) is 0.628. The third kappa shape index (κ3) is 3.60. The molecule has 1 fully saturated rings. The summed E-state index contributed by atoms with van der Waals surface area (Å²) in [6.07, 6.45) is 2.56. The van der Waals surface area contributed by atoms with Gasteiger partial charge in [0.25, 0.3) is 0 Å². The zero-order valence-electron chi connectivity index (χ0n) is 15.9. The zero-order chi connectivity index (χ0) is 19.8. The summed E-state index contributed by atoms with van der Waals surface area (Å²) < 4.78 is 40.7. The molecule has 0 N–H and O–H groups in total. The molecule has 6 nitrogen and oxygen atoms in total. The molecule has 3 aromatic rings. The number of para-hydroxylation sites is 1. The van der Waals surface area contributed by atoms with Gasteiger partial charge in [-0.05, 0) is 37.1 Å². The average molecular weight is 431 g/mol. The van der Waals surface area contributed by atoms with Gasteiger partial charge in [-0.3, -0.25) is 0 Å². The minimum absolute atomic E-state index is 0.122. The average Bonchev–Trinajstić information content (AvgIpc) is 3.04. The van der Waals surface area contributed by atoms with Gasteiger partial charge in [-0.15, -0.1) is 11.3 Å². The van der Waals surface area contributed by atoms with E-state index in [-0.39, 0.29) is 10.8 Å². The summed E-state index contributed by atoms with van der Waals surface area (Å²) in [6.45, 7) is 2.09. The van der Waals surface area contributed by atoms with Gasteiger partial charge in [0.1, 0.15) is 0 Å². The van der Waals surface area contributed by atoms with E-state index in [1.807, 2.05) is 18.2 Å². The van der Waals surface area contributed by atoms with E-state index in [1.54, 1.807) is 33.8 Å². The molecule has 1 atom stereocenters. The van der Waals surface area contributed by atoms with Gasteiger partial charge in [0.2, 0.25) is 10.0 Å². The van der Waals surface area contributed by atoms with E-state index >= 15 is 0 Å². The molecule has 2 aromatic carbocycles. The normalized spacial score (nSPS) is 20.5. The summed E-state index contributed by atoms with van der Waals surface area (Å²) >= 11 is 1.66. The van der Waals surface area contributed by atoms with Gasteiger partial charge in [0, 0.05) is 31.5 Å². The van der Waals surface area contributed by atoms with Gasteiger partial charge in [-0.25, -0.2) is 13.4 Å². The highest BCUT2D eigenvalue weighted by Gasteiger charge is 2.33. The van der Waals surface area contributed by atoms with Crippen LogP contribution in [0.5, 0.6) is 11.5 Å². The summed E-state index contributed by atoms with van der Waals surface area (Å²) in [4.78, 5) is 5.01. The summed E-state index contributed by atoms with van der Waals surface area (Å²) in [5.41, 5.74) is 0.982. The Labute approximate surface area is 174 Å². The first-order chi connectivity index (χ1) is 14.1. The first kappa shape index (κ1) is 18.8. The molecular formula is C21H22N2O4S2. The first-order valence-corrected chi connectivity index (χ1v) is 12.1. The molecule has 29 heavy (non-hydrogen) atoms. The van der Waals surface area contributed by atoms with Crippen molar-refractivity contribution in [2.75, 3.05) is 26.3 Å². The molecule has 3 heterocycles. The van der Waals surface area contributed by atoms with Crippen LogP contribution in [0.3, 0.4) is 0 Å². The number of thiazole rings is 1. The van der Waals surface area contributed by atoms with E-state index in [0.29, 0.717) is 37.8 Å². The summed E-state index contributed by atoms with van der Waals surface area (Å²) in [5, 5.41) is 1.02. The Morgan fingerprint density at radius 3 is 2.72 bits per heavy atom. The Bertz CT molecular complexity index is 1110. The maximum Gasteiger partial charge on any atom is 0.243 e. The van der Waals surface area contributed by atoms with E-state index in [2.05, 4.69) is 6.07 Å². The third-order valence-corrected chi connectivity index (χ3v) is 8.46. The molecule has 0 spiro atoms. The van der Waals surface area contributed by atoms with Gasteiger partial charge in [0.15, 0.2) is 11.5 Å². The van der Waals surface area contributed by atoms with E-state index in [4.69, 9.17) is 14.5 Å². The van der Waals surface area contributed by atoms with Crippen LogP contribution in [0.1, 0.15) is 30.2 Å². The minimum Gasteiger partial charge on any atom is -0.490 e. The predicted octanol–water partition coefficient (Wildman–Crippen LogP) is 4.03. The monoisotopic (exact) mass is 430 g/mol. The maximum atomic E-state index is 13.3. The second-order valence-corrected chi connectivity index (χ2v) is 10.4. The minimum atomic E-state index is -3.60. The largest absolute Gasteiger partial charge is 0.490 e. The fourth-order valence-corrected chi connectivity index (χ4v) is 6.51. The lowest BCUT2D eigenvalue weighted by Gasteiger charge is -2.31. The third-order valence-electron chi connectivity index (χ3n) is 5.40. The fourth-order valence-electron chi connectivity index (χ4n) is 3.88. The molecule has 0 bridgehead atoms. The van der Waals surface area contributed by atoms with Gasteiger partial charge in [0.05, 0.1) is 33.3 Å². The van der Waals surface area contributed by atoms with Crippen LogP contribution in [0.4, 0.5) is 0 Å². The molecule has 0 unspecified atom stereocenters. The Morgan fingerprint density at radius 2 is 1.86 bits per heavy atom. The lowest BCUT2D eigenvalue weighted by Crippen LogP contribution is -2.39. The van der Waals surface area contributed by atoms with Gasteiger partial charge < -0.3 is 9.47 Å². The van der Waals surface area contributed by atoms with Crippen molar-refractivity contribution in [3.05, 3.63) is 47.5 Å². The molecule has 8 heteroatoms. The molecule has 1 saturated heterocycles. The van der Waals surface area contributed by atoms with Crippen molar-refractivity contribution in [1.82, 2.24) is 9.29 Å². The van der Waals surface area contributed by atoms with E-state index < -0.39 is 10.0 Å². The summed E-state index contributed by atoms with van der Waals surface area (Å²) in [5.74, 6) is 1.23. The van der Waals surface area contributed by atoms with E-state index in [9.17, 15) is 8.42 Å². The van der Waals surface area contributed by atoms with Crippen LogP contribution in [0.15, 0.2) is 47.4 Å². The summed E-state index contributed by atoms with van der Waals surface area (Å²) in [7, 11) is -3.60. The molecule has 0 aliphatic carbocycles. The number of benzene rings is 2. The van der Waals surface area contributed by atoms with Crippen molar-refractivity contribution >= 4 is 31.6 Å². The predicted molar refractivity (Wildman–Crippen MR) is 112 cm³/mol. The van der Waals surface area contributed by atoms with Crippen molar-refractivity contribution in [3.63, 3.8) is 0 Å². The van der Waals surface area contributed by atoms with Crippen LogP contribution in [0.2, 0.25) is 0 Å². The zero-order valence-corrected chi connectivity index (χ0v) is 17.5. The van der Waals surface area contributed by atoms with Crippen molar-refractivity contribution in [2.45, 2.75) is 30.1 Å². The molecule has 1 aromatic heterocycles. The van der Waals surface area contributed by atoms with E-state index in [1.165, 1.54) is 0 Å². The number of ether oxygens (including phenoxy) is 2. The number of hydrogen-bond acceptors (Lipinski definition) is 6. The molecular weight excluding hydrogens is 408 g/mol. The Kier molecular flexibility index (Phi) is 4.93. The molecule has 2 aliphatic rings. The lowest BCUT2D eigenvalue weighted by atomic mass is 10.0. The second kappa shape index (κ2) is 7.59. The van der Waals surface area contributed by atoms with Crippen LogP contribution in [-0.2, 0) is 10.0 Å². The topological polar surface area (TPSA) is 68.7 Å². The van der Waals surface area contributed by atoms with Gasteiger partial charge >= 0.3 is 0 Å². The number of nitrogens with zero attached hydrogens (tertiary/aromatic N) is 2. The standard InChI is InChI=1S/C21H22N2O4S2/c24-29(25,16-8-9-18-19(13-16)27-12-4-11-26-18)23-10-3-5-15(14-23)21-22-17-6-1-2-7-20(17)28-21/h1-2,6-9,13,15H,3-5,10-12,14H2/t15-/m1/s1. The van der Waals surface area contributed by atoms with Crippen LogP contribution < -0.4 is 9.47 Å². The fraction of sp³-hybridized carbons (Fsp3) is 0.381. The molecule has 2 aliphatic heterocycles.